The zero-order chi connectivity index (χ0) is 28.6. The van der Waals surface area contributed by atoms with Crippen molar-refractivity contribution in [3.05, 3.63) is 72.0 Å². The lowest BCUT2D eigenvalue weighted by Gasteiger charge is -2.29. The van der Waals surface area contributed by atoms with Crippen molar-refractivity contribution in [3.8, 4) is 0 Å². The summed E-state index contributed by atoms with van der Waals surface area (Å²) in [5.41, 5.74) is 3.41. The average molecular weight is 554 g/mol. The van der Waals surface area contributed by atoms with Crippen molar-refractivity contribution >= 4 is 34.3 Å². The zero-order valence-electron chi connectivity index (χ0n) is 22.2. The lowest BCUT2D eigenvalue weighted by molar-refractivity contribution is -0.910. The van der Waals surface area contributed by atoms with Crippen LogP contribution in [-0.4, -0.2) is 57.7 Å². The number of furan rings is 1. The highest BCUT2D eigenvalue weighted by Gasteiger charge is 2.35. The van der Waals surface area contributed by atoms with Crippen LogP contribution >= 0.6 is 0 Å². The van der Waals surface area contributed by atoms with Gasteiger partial charge in [0.1, 0.15) is 23.1 Å². The van der Waals surface area contributed by atoms with Gasteiger partial charge in [0.25, 0.3) is 0 Å². The molecule has 3 aromatic rings. The summed E-state index contributed by atoms with van der Waals surface area (Å²) in [7, 11) is 0. The van der Waals surface area contributed by atoms with E-state index in [1.807, 2.05) is 12.1 Å². The summed E-state index contributed by atoms with van der Waals surface area (Å²) in [5, 5.41) is 25.7. The van der Waals surface area contributed by atoms with E-state index in [4.69, 9.17) is 24.2 Å². The van der Waals surface area contributed by atoms with E-state index in [1.54, 1.807) is 24.4 Å². The molecule has 1 aliphatic carbocycles. The maximum Gasteiger partial charge on any atom is 0.414 e. The van der Waals surface area contributed by atoms with Crippen LogP contribution in [0.25, 0.3) is 16.5 Å². The Morgan fingerprint density at radius 2 is 1.80 bits per heavy atom. The normalized spacial score (nSPS) is 17.0. The molecule has 2 aromatic heterocycles. The first-order chi connectivity index (χ1) is 19.3. The largest absolute Gasteiger partial charge is 0.473 e. The second kappa shape index (κ2) is 13.3. The molecule has 1 unspecified atom stereocenters. The van der Waals surface area contributed by atoms with Gasteiger partial charge in [0, 0.05) is 41.4 Å². The summed E-state index contributed by atoms with van der Waals surface area (Å²) in [6.45, 7) is 2.41. The van der Waals surface area contributed by atoms with E-state index < -0.39 is 11.9 Å². The molecule has 3 heterocycles. The average Bonchev–Trinajstić information content (AvgIpc) is 3.46. The topological polar surface area (TPSA) is 132 Å². The Hall–Kier alpha value is -4.05. The summed E-state index contributed by atoms with van der Waals surface area (Å²) in [4.78, 5) is 34.0. The molecule has 40 heavy (non-hydrogen) atoms. The van der Waals surface area contributed by atoms with Crippen molar-refractivity contribution < 1.29 is 43.3 Å². The van der Waals surface area contributed by atoms with Crippen molar-refractivity contribution in [2.75, 3.05) is 19.6 Å². The Kier molecular flexibility index (Phi) is 9.65. The number of aromatic nitrogens is 1. The van der Waals surface area contributed by atoms with E-state index in [2.05, 4.69) is 11.0 Å². The number of hydrogen-bond donors (Lipinski definition) is 3. The van der Waals surface area contributed by atoms with Crippen LogP contribution in [0.15, 0.2) is 59.4 Å². The molecule has 5 rings (SSSR count). The lowest BCUT2D eigenvalue weighted by Crippen LogP contribution is -2.41. The van der Waals surface area contributed by atoms with Crippen molar-refractivity contribution in [2.24, 2.45) is 5.92 Å². The van der Waals surface area contributed by atoms with Crippen molar-refractivity contribution in [1.29, 1.82) is 0 Å². The molecule has 0 saturated heterocycles. The highest BCUT2D eigenvalue weighted by Crippen LogP contribution is 2.33. The van der Waals surface area contributed by atoms with Crippen LogP contribution in [0.2, 0.25) is 0 Å². The standard InChI is InChI=1S/C28H32FN2O3.C2H2O4/c29-25-10-9-22(28-23(25)14-19-34-28)20-11-16-30(17-12-20)18-13-24(26-8-4-5-15-31(26)33)27(32)21-6-2-1-3-7-21;3-1(4)2(5)6/h4-5,8-11,14-15,19,21,24,33H,1-3,6-7,12-13,16-18H2;(H,3,4)(H,5,6)/q+1;. The minimum atomic E-state index is -1.82. The van der Waals surface area contributed by atoms with Crippen LogP contribution in [0, 0.1) is 11.7 Å². The lowest BCUT2D eigenvalue weighted by atomic mass is 9.79. The SMILES string of the molecule is O=C(C1CCCCC1)C(CCN1CC=C(c2ccc(F)c3ccoc23)CC1)c1cccc[n+]1O.O=C(O)C(=O)O. The molecule has 0 amide bonds. The number of aliphatic carboxylic acids is 2. The van der Waals surface area contributed by atoms with Gasteiger partial charge in [-0.2, -0.15) is 0 Å². The maximum absolute atomic E-state index is 14.0. The number of hydrogen-bond acceptors (Lipinski definition) is 6. The molecule has 1 fully saturated rings. The molecule has 9 nitrogen and oxygen atoms in total. The van der Waals surface area contributed by atoms with Gasteiger partial charge < -0.3 is 14.6 Å². The van der Waals surface area contributed by atoms with Gasteiger partial charge in [-0.1, -0.05) is 25.3 Å². The molecule has 10 heteroatoms. The van der Waals surface area contributed by atoms with Gasteiger partial charge >= 0.3 is 11.9 Å². The summed E-state index contributed by atoms with van der Waals surface area (Å²) < 4.78 is 20.7. The van der Waals surface area contributed by atoms with E-state index in [1.165, 1.54) is 24.3 Å². The van der Waals surface area contributed by atoms with Crippen molar-refractivity contribution in [3.63, 3.8) is 0 Å². The third-order valence-electron chi connectivity index (χ3n) is 7.70. The molecular formula is C30H34FN2O7+. The summed E-state index contributed by atoms with van der Waals surface area (Å²) in [6.07, 6.45) is 12.2. The Labute approximate surface area is 231 Å². The number of ketones is 1. The van der Waals surface area contributed by atoms with E-state index in [-0.39, 0.29) is 23.4 Å². The first kappa shape index (κ1) is 28.9. The predicted molar refractivity (Wildman–Crippen MR) is 143 cm³/mol. The third kappa shape index (κ3) is 6.93. The fraction of sp³-hybridized carbons (Fsp3) is 0.400. The first-order valence-electron chi connectivity index (χ1n) is 13.5. The van der Waals surface area contributed by atoms with Crippen LogP contribution in [0.5, 0.6) is 0 Å². The monoisotopic (exact) mass is 553 g/mol. The number of pyridine rings is 1. The van der Waals surface area contributed by atoms with Gasteiger partial charge in [-0.15, -0.1) is 0 Å². The molecule has 0 spiro atoms. The minimum absolute atomic E-state index is 0.0981. The van der Waals surface area contributed by atoms with E-state index in [0.29, 0.717) is 23.1 Å². The molecule has 1 saturated carbocycles. The zero-order valence-corrected chi connectivity index (χ0v) is 22.2. The van der Waals surface area contributed by atoms with Gasteiger partial charge in [-0.3, -0.25) is 14.9 Å². The highest BCUT2D eigenvalue weighted by atomic mass is 19.1. The Morgan fingerprint density at radius 3 is 2.45 bits per heavy atom. The number of carbonyl (C=O) groups excluding carboxylic acids is 1. The molecule has 212 valence electrons. The molecule has 3 N–H and O–H groups in total. The fourth-order valence-electron chi connectivity index (χ4n) is 5.58. The number of carboxylic acids is 2. The number of nitrogens with zero attached hydrogens (tertiary/aromatic N) is 2. The third-order valence-corrected chi connectivity index (χ3v) is 7.70. The second-order valence-corrected chi connectivity index (χ2v) is 10.2. The summed E-state index contributed by atoms with van der Waals surface area (Å²) >= 11 is 0. The summed E-state index contributed by atoms with van der Waals surface area (Å²) in [6, 6.07) is 10.5. The van der Waals surface area contributed by atoms with Crippen LogP contribution in [0.1, 0.15) is 62.1 Å². The van der Waals surface area contributed by atoms with E-state index in [9.17, 15) is 14.4 Å². The molecule has 0 bridgehead atoms. The Balaban J connectivity index is 0.000000557. The first-order valence-corrected chi connectivity index (χ1v) is 13.5. The van der Waals surface area contributed by atoms with Crippen molar-refractivity contribution in [2.45, 2.75) is 50.9 Å². The molecule has 0 radical (unpaired) electrons. The van der Waals surface area contributed by atoms with E-state index in [0.717, 1.165) is 62.0 Å². The Morgan fingerprint density at radius 1 is 1.05 bits per heavy atom. The molecule has 1 atom stereocenters. The summed E-state index contributed by atoms with van der Waals surface area (Å²) in [5.74, 6) is -3.85. The number of rotatable bonds is 7. The number of halogens is 1. The molecular weight excluding hydrogens is 519 g/mol. The predicted octanol–water partition coefficient (Wildman–Crippen LogP) is 4.66. The maximum atomic E-state index is 14.0. The van der Waals surface area contributed by atoms with Crippen LogP contribution in [0.4, 0.5) is 4.39 Å². The van der Waals surface area contributed by atoms with Gasteiger partial charge in [0.15, 0.2) is 0 Å². The highest BCUT2D eigenvalue weighted by molar-refractivity contribution is 6.27. The van der Waals surface area contributed by atoms with Gasteiger partial charge in [0.2, 0.25) is 11.9 Å². The Bertz CT molecular complexity index is 1380. The molecule has 2 aliphatic rings. The number of benzene rings is 1. The fourth-order valence-corrected chi connectivity index (χ4v) is 5.58. The number of carbonyl (C=O) groups is 3. The minimum Gasteiger partial charge on any atom is -0.473 e. The van der Waals surface area contributed by atoms with E-state index >= 15 is 0 Å². The number of carboxylic acid groups (broad SMARTS) is 2. The van der Waals surface area contributed by atoms with Crippen LogP contribution in [0.3, 0.4) is 0 Å². The van der Waals surface area contributed by atoms with Gasteiger partial charge in [-0.05, 0) is 62.1 Å². The quantitative estimate of drug-likeness (QED) is 0.219. The van der Waals surface area contributed by atoms with Crippen LogP contribution < -0.4 is 4.73 Å². The molecule has 1 aliphatic heterocycles. The molecule has 1 aromatic carbocycles. The van der Waals surface area contributed by atoms with Gasteiger partial charge in [-0.25, -0.2) is 14.0 Å². The second-order valence-electron chi connectivity index (χ2n) is 10.2. The van der Waals surface area contributed by atoms with Crippen LogP contribution in [-0.2, 0) is 14.4 Å². The van der Waals surface area contributed by atoms with Gasteiger partial charge in [0.05, 0.1) is 11.6 Å². The number of fused-ring (bicyclic) bond motifs is 1. The van der Waals surface area contributed by atoms with Crippen molar-refractivity contribution in [1.82, 2.24) is 4.90 Å². The smallest absolute Gasteiger partial charge is 0.414 e. The number of Topliss-reactive ketones (excluding diaryl/α,β-unsaturated/α-hetero) is 1.